The van der Waals surface area contributed by atoms with E-state index in [4.69, 9.17) is 4.74 Å². The minimum atomic E-state index is 0.551. The zero-order valence-electron chi connectivity index (χ0n) is 10.5. The lowest BCUT2D eigenvalue weighted by atomic mass is 10.2. The van der Waals surface area contributed by atoms with Crippen molar-refractivity contribution in [3.05, 3.63) is 54.6 Å². The van der Waals surface area contributed by atoms with Gasteiger partial charge in [-0.25, -0.2) is 0 Å². The van der Waals surface area contributed by atoms with Gasteiger partial charge in [-0.3, -0.25) is 0 Å². The number of benzene rings is 1. The van der Waals surface area contributed by atoms with Gasteiger partial charge in [-0.05, 0) is 26.0 Å². The van der Waals surface area contributed by atoms with E-state index in [-0.39, 0.29) is 0 Å². The van der Waals surface area contributed by atoms with E-state index in [1.165, 1.54) is 5.56 Å². The molecule has 0 unspecified atom stereocenters. The van der Waals surface area contributed by atoms with Crippen molar-refractivity contribution in [1.82, 2.24) is 5.32 Å². The molecular weight excluding hydrogens is 210 g/mol. The van der Waals surface area contributed by atoms with Crippen molar-refractivity contribution in [1.29, 1.82) is 0 Å². The fourth-order valence-corrected chi connectivity index (χ4v) is 1.51. The molecule has 0 radical (unpaired) electrons. The highest BCUT2D eigenvalue weighted by Gasteiger charge is 2.00. The number of allylic oxidation sites excluding steroid dienone is 1. The first-order valence-corrected chi connectivity index (χ1v) is 6.02. The third-order valence-corrected chi connectivity index (χ3v) is 2.37. The third kappa shape index (κ3) is 5.36. The highest BCUT2D eigenvalue weighted by molar-refractivity contribution is 5.33. The molecule has 0 aliphatic heterocycles. The molecule has 92 valence electrons. The number of hydrogen-bond donors (Lipinski definition) is 1. The van der Waals surface area contributed by atoms with Crippen molar-refractivity contribution in [3.8, 4) is 5.75 Å². The van der Waals surface area contributed by atoms with E-state index in [1.807, 2.05) is 25.1 Å². The highest BCUT2D eigenvalue weighted by atomic mass is 16.5. The second kappa shape index (κ2) is 8.59. The Morgan fingerprint density at radius 2 is 2.18 bits per heavy atom. The number of ether oxygens (including phenoxy) is 1. The van der Waals surface area contributed by atoms with Gasteiger partial charge in [-0.1, -0.05) is 43.0 Å². The number of hydrogen-bond acceptors (Lipinski definition) is 2. The largest absolute Gasteiger partial charge is 0.489 e. The summed E-state index contributed by atoms with van der Waals surface area (Å²) >= 11 is 0. The molecule has 0 heterocycles. The van der Waals surface area contributed by atoms with E-state index in [0.717, 1.165) is 25.3 Å². The molecule has 0 fully saturated rings. The van der Waals surface area contributed by atoms with E-state index < -0.39 is 0 Å². The highest BCUT2D eigenvalue weighted by Crippen LogP contribution is 2.17. The molecule has 2 nitrogen and oxygen atoms in total. The van der Waals surface area contributed by atoms with Crippen molar-refractivity contribution in [2.24, 2.45) is 0 Å². The Hall–Kier alpha value is -1.54. The number of nitrogens with one attached hydrogen (secondary N) is 1. The van der Waals surface area contributed by atoms with Gasteiger partial charge in [0.05, 0.1) is 0 Å². The maximum absolute atomic E-state index is 5.59. The number of para-hydroxylation sites is 1. The molecule has 0 aromatic heterocycles. The average Bonchev–Trinajstić information content (AvgIpc) is 2.37. The van der Waals surface area contributed by atoms with Gasteiger partial charge in [-0.15, -0.1) is 0 Å². The second-order valence-corrected chi connectivity index (χ2v) is 3.74. The van der Waals surface area contributed by atoms with Crippen molar-refractivity contribution >= 4 is 0 Å². The molecule has 0 atom stereocenters. The van der Waals surface area contributed by atoms with Gasteiger partial charge in [0.15, 0.2) is 0 Å². The summed E-state index contributed by atoms with van der Waals surface area (Å²) in [7, 11) is 0. The normalized spacial score (nSPS) is 10.6. The van der Waals surface area contributed by atoms with Crippen LogP contribution in [-0.2, 0) is 6.54 Å². The smallest absolute Gasteiger partial charge is 0.124 e. The zero-order valence-corrected chi connectivity index (χ0v) is 10.5. The van der Waals surface area contributed by atoms with Crippen LogP contribution in [0.25, 0.3) is 0 Å². The molecule has 0 spiro atoms. The van der Waals surface area contributed by atoms with Crippen molar-refractivity contribution in [2.45, 2.75) is 19.9 Å². The molecule has 0 amide bonds. The third-order valence-electron chi connectivity index (χ3n) is 2.37. The molecule has 1 N–H and O–H groups in total. The first-order chi connectivity index (χ1) is 8.38. The van der Waals surface area contributed by atoms with Crippen LogP contribution in [0, 0.1) is 0 Å². The lowest BCUT2D eigenvalue weighted by Gasteiger charge is -2.10. The Labute approximate surface area is 104 Å². The van der Waals surface area contributed by atoms with Gasteiger partial charge in [0.1, 0.15) is 12.4 Å². The van der Waals surface area contributed by atoms with Crippen LogP contribution in [-0.4, -0.2) is 13.2 Å². The topological polar surface area (TPSA) is 21.3 Å². The van der Waals surface area contributed by atoms with E-state index in [1.54, 1.807) is 6.08 Å². The summed E-state index contributed by atoms with van der Waals surface area (Å²) in [5.41, 5.74) is 1.19. The summed E-state index contributed by atoms with van der Waals surface area (Å²) < 4.78 is 5.59. The van der Waals surface area contributed by atoms with Crippen molar-refractivity contribution in [2.75, 3.05) is 13.2 Å². The molecule has 0 bridgehead atoms. The molecule has 1 rings (SSSR count). The van der Waals surface area contributed by atoms with Crippen molar-refractivity contribution < 1.29 is 4.74 Å². The maximum Gasteiger partial charge on any atom is 0.124 e. The van der Waals surface area contributed by atoms with Gasteiger partial charge >= 0.3 is 0 Å². The predicted molar refractivity (Wildman–Crippen MR) is 73.3 cm³/mol. The molecule has 1 aromatic rings. The van der Waals surface area contributed by atoms with Gasteiger partial charge in [0, 0.05) is 12.1 Å². The van der Waals surface area contributed by atoms with E-state index >= 15 is 0 Å². The van der Waals surface area contributed by atoms with Crippen LogP contribution in [0.5, 0.6) is 5.75 Å². The Morgan fingerprint density at radius 1 is 1.35 bits per heavy atom. The van der Waals surface area contributed by atoms with Crippen LogP contribution in [0.3, 0.4) is 0 Å². The molecule has 0 aliphatic carbocycles. The second-order valence-electron chi connectivity index (χ2n) is 3.74. The van der Waals surface area contributed by atoms with Crippen LogP contribution in [0.15, 0.2) is 49.1 Å². The minimum absolute atomic E-state index is 0.551. The zero-order chi connectivity index (χ0) is 12.3. The van der Waals surface area contributed by atoms with Crippen LogP contribution < -0.4 is 10.1 Å². The molecule has 2 heteroatoms. The molecule has 17 heavy (non-hydrogen) atoms. The van der Waals surface area contributed by atoms with Gasteiger partial charge < -0.3 is 10.1 Å². The standard InChI is InChI=1S/C15H21NO/c1-3-5-8-11-16-13-14-9-6-7-10-15(14)17-12-4-2/h3-7,9-10,16H,2,8,11-13H2,1H3/b5-3+. The van der Waals surface area contributed by atoms with Crippen molar-refractivity contribution in [3.63, 3.8) is 0 Å². The van der Waals surface area contributed by atoms with E-state index in [0.29, 0.717) is 6.61 Å². The summed E-state index contributed by atoms with van der Waals surface area (Å²) in [5.74, 6) is 0.936. The molecule has 0 saturated carbocycles. The lowest BCUT2D eigenvalue weighted by molar-refractivity contribution is 0.358. The van der Waals surface area contributed by atoms with Crippen LogP contribution in [0.2, 0.25) is 0 Å². The molecule has 0 aliphatic rings. The maximum atomic E-state index is 5.59. The summed E-state index contributed by atoms with van der Waals surface area (Å²) in [6, 6.07) is 8.10. The summed E-state index contributed by atoms with van der Waals surface area (Å²) in [6.07, 6.45) is 7.05. The predicted octanol–water partition coefficient (Wildman–Crippen LogP) is 3.31. The first kappa shape index (κ1) is 13.5. The fraction of sp³-hybridized carbons (Fsp3) is 0.333. The minimum Gasteiger partial charge on any atom is -0.489 e. The molecule has 0 saturated heterocycles. The van der Waals surface area contributed by atoms with E-state index in [2.05, 4.69) is 30.1 Å². The fourth-order valence-electron chi connectivity index (χ4n) is 1.51. The monoisotopic (exact) mass is 231 g/mol. The summed E-state index contributed by atoms with van der Waals surface area (Å²) in [5, 5.41) is 3.40. The first-order valence-electron chi connectivity index (χ1n) is 6.02. The van der Waals surface area contributed by atoms with E-state index in [9.17, 15) is 0 Å². The summed E-state index contributed by atoms with van der Waals surface area (Å²) in [6.45, 7) is 8.07. The van der Waals surface area contributed by atoms with Gasteiger partial charge in [0.2, 0.25) is 0 Å². The lowest BCUT2D eigenvalue weighted by Crippen LogP contribution is -2.14. The van der Waals surface area contributed by atoms with Crippen LogP contribution in [0.1, 0.15) is 18.9 Å². The Balaban J connectivity index is 2.42. The summed E-state index contributed by atoms with van der Waals surface area (Å²) in [4.78, 5) is 0. The molecule has 1 aromatic carbocycles. The Bertz CT molecular complexity index is 358. The number of rotatable bonds is 8. The average molecular weight is 231 g/mol. The Morgan fingerprint density at radius 3 is 2.94 bits per heavy atom. The Kier molecular flexibility index (Phi) is 6.84. The van der Waals surface area contributed by atoms with Crippen LogP contribution in [0.4, 0.5) is 0 Å². The molecular formula is C15H21NO. The van der Waals surface area contributed by atoms with Gasteiger partial charge in [-0.2, -0.15) is 0 Å². The van der Waals surface area contributed by atoms with Gasteiger partial charge in [0.25, 0.3) is 0 Å². The van der Waals surface area contributed by atoms with Crippen LogP contribution >= 0.6 is 0 Å². The quantitative estimate of drug-likeness (QED) is 0.547. The SMILES string of the molecule is C=CCOc1ccccc1CNCC/C=C/C.